The maximum atomic E-state index is 13.7. The fourth-order valence-corrected chi connectivity index (χ4v) is 1.64. The van der Waals surface area contributed by atoms with Crippen molar-refractivity contribution in [3.63, 3.8) is 0 Å². The van der Waals surface area contributed by atoms with E-state index in [0.717, 1.165) is 12.2 Å². The molecule has 0 saturated carbocycles. The molecule has 0 aromatic heterocycles. The molecule has 1 aromatic rings. The molecular weight excluding hydrogens is 261 g/mol. The Bertz CT molecular complexity index is 435. The van der Waals surface area contributed by atoms with Gasteiger partial charge in [0.05, 0.1) is 19.3 Å². The van der Waals surface area contributed by atoms with Crippen LogP contribution in [0.5, 0.6) is 0 Å². The van der Waals surface area contributed by atoms with Crippen molar-refractivity contribution in [2.24, 2.45) is 5.92 Å². The van der Waals surface area contributed by atoms with E-state index in [2.05, 4.69) is 23.9 Å². The van der Waals surface area contributed by atoms with Gasteiger partial charge in [-0.25, -0.2) is 9.18 Å². The highest BCUT2D eigenvalue weighted by Crippen LogP contribution is 2.11. The Morgan fingerprint density at radius 1 is 1.40 bits per heavy atom. The number of esters is 1. The average molecular weight is 283 g/mol. The highest BCUT2D eigenvalue weighted by Gasteiger charge is 2.11. The quantitative estimate of drug-likeness (QED) is 0.588. The van der Waals surface area contributed by atoms with Crippen LogP contribution in [0.25, 0.3) is 0 Å². The molecule has 0 aliphatic rings. The monoisotopic (exact) mass is 283 g/mol. The molecule has 0 spiro atoms. The zero-order valence-electron chi connectivity index (χ0n) is 12.2. The van der Waals surface area contributed by atoms with Crippen molar-refractivity contribution in [3.05, 3.63) is 35.1 Å². The summed E-state index contributed by atoms with van der Waals surface area (Å²) in [4.78, 5) is 11.2. The fraction of sp³-hybridized carbons (Fsp3) is 0.533. The van der Waals surface area contributed by atoms with Crippen LogP contribution in [0.4, 0.5) is 4.39 Å². The maximum Gasteiger partial charge on any atom is 0.340 e. The third kappa shape index (κ3) is 5.67. The minimum absolute atomic E-state index is 0.0449. The summed E-state index contributed by atoms with van der Waals surface area (Å²) in [6.45, 7) is 6.79. The van der Waals surface area contributed by atoms with E-state index in [1.807, 2.05) is 0 Å². The van der Waals surface area contributed by atoms with Gasteiger partial charge in [0.25, 0.3) is 0 Å². The van der Waals surface area contributed by atoms with E-state index in [0.29, 0.717) is 25.6 Å². The summed E-state index contributed by atoms with van der Waals surface area (Å²) in [6, 6.07) is 4.49. The number of hydrogen-bond acceptors (Lipinski definition) is 4. The summed E-state index contributed by atoms with van der Waals surface area (Å²) < 4.78 is 23.6. The van der Waals surface area contributed by atoms with Crippen molar-refractivity contribution in [1.29, 1.82) is 0 Å². The first-order valence-corrected chi connectivity index (χ1v) is 6.69. The second-order valence-electron chi connectivity index (χ2n) is 4.95. The summed E-state index contributed by atoms with van der Waals surface area (Å²) in [5, 5.41) is 3.16. The molecule has 1 rings (SSSR count). The maximum absolute atomic E-state index is 13.7. The standard InChI is InChI=1S/C15H22FNO3/c1-11(2)10-20-7-6-17-9-12-4-5-13(14(16)8-12)15(18)19-3/h4-5,8,11,17H,6-7,9-10H2,1-3H3. The van der Waals surface area contributed by atoms with Gasteiger partial charge in [-0.3, -0.25) is 0 Å². The topological polar surface area (TPSA) is 47.6 Å². The van der Waals surface area contributed by atoms with E-state index in [9.17, 15) is 9.18 Å². The van der Waals surface area contributed by atoms with Crippen molar-refractivity contribution in [3.8, 4) is 0 Å². The van der Waals surface area contributed by atoms with Gasteiger partial charge in [0.2, 0.25) is 0 Å². The van der Waals surface area contributed by atoms with Crippen molar-refractivity contribution in [1.82, 2.24) is 5.32 Å². The predicted octanol–water partition coefficient (Wildman–Crippen LogP) is 2.37. The molecule has 0 unspecified atom stereocenters. The minimum atomic E-state index is -0.663. The van der Waals surface area contributed by atoms with Gasteiger partial charge in [-0.1, -0.05) is 19.9 Å². The van der Waals surface area contributed by atoms with Crippen LogP contribution < -0.4 is 5.32 Å². The van der Waals surface area contributed by atoms with Crippen LogP contribution in [-0.2, 0) is 16.0 Å². The molecule has 20 heavy (non-hydrogen) atoms. The largest absolute Gasteiger partial charge is 0.465 e. The highest BCUT2D eigenvalue weighted by molar-refractivity contribution is 5.89. The lowest BCUT2D eigenvalue weighted by atomic mass is 10.1. The molecule has 0 fully saturated rings. The number of halogens is 1. The normalized spacial score (nSPS) is 10.8. The molecule has 1 N–H and O–H groups in total. The van der Waals surface area contributed by atoms with Crippen molar-refractivity contribution >= 4 is 5.97 Å². The molecule has 0 aliphatic carbocycles. The number of carbonyl (C=O) groups is 1. The Kier molecular flexibility index (Phi) is 7.18. The van der Waals surface area contributed by atoms with Crippen molar-refractivity contribution in [2.45, 2.75) is 20.4 Å². The van der Waals surface area contributed by atoms with Gasteiger partial charge in [0.15, 0.2) is 0 Å². The van der Waals surface area contributed by atoms with E-state index in [1.54, 1.807) is 6.07 Å². The van der Waals surface area contributed by atoms with Gasteiger partial charge in [0.1, 0.15) is 5.82 Å². The number of nitrogens with one attached hydrogen (secondary N) is 1. The first-order valence-electron chi connectivity index (χ1n) is 6.69. The number of carbonyl (C=O) groups excluding carboxylic acids is 1. The third-order valence-electron chi connectivity index (χ3n) is 2.64. The molecule has 0 amide bonds. The van der Waals surface area contributed by atoms with Crippen LogP contribution in [0, 0.1) is 11.7 Å². The van der Waals surface area contributed by atoms with Crippen LogP contribution in [0.1, 0.15) is 29.8 Å². The molecule has 112 valence electrons. The average Bonchev–Trinajstić information content (AvgIpc) is 2.41. The third-order valence-corrected chi connectivity index (χ3v) is 2.64. The highest BCUT2D eigenvalue weighted by atomic mass is 19.1. The smallest absolute Gasteiger partial charge is 0.340 e. The molecule has 0 atom stereocenters. The van der Waals surface area contributed by atoms with Crippen LogP contribution in [0.2, 0.25) is 0 Å². The van der Waals surface area contributed by atoms with E-state index < -0.39 is 11.8 Å². The Labute approximate surface area is 119 Å². The summed E-state index contributed by atoms with van der Waals surface area (Å²) in [5.74, 6) is -0.703. The van der Waals surface area contributed by atoms with E-state index >= 15 is 0 Å². The van der Waals surface area contributed by atoms with Gasteiger partial charge >= 0.3 is 5.97 Å². The van der Waals surface area contributed by atoms with Gasteiger partial charge in [-0.2, -0.15) is 0 Å². The lowest BCUT2D eigenvalue weighted by molar-refractivity contribution is 0.0595. The second-order valence-corrected chi connectivity index (χ2v) is 4.95. The SMILES string of the molecule is COC(=O)c1ccc(CNCCOCC(C)C)cc1F. The number of hydrogen-bond donors (Lipinski definition) is 1. The fourth-order valence-electron chi connectivity index (χ4n) is 1.64. The number of benzene rings is 1. The van der Waals surface area contributed by atoms with Crippen LogP contribution in [-0.4, -0.2) is 32.8 Å². The number of ether oxygens (including phenoxy) is 2. The van der Waals surface area contributed by atoms with Gasteiger partial charge in [0, 0.05) is 19.7 Å². The van der Waals surface area contributed by atoms with Crippen molar-refractivity contribution < 1.29 is 18.7 Å². The lowest BCUT2D eigenvalue weighted by Crippen LogP contribution is -2.20. The Morgan fingerprint density at radius 2 is 2.15 bits per heavy atom. The Morgan fingerprint density at radius 3 is 2.75 bits per heavy atom. The zero-order valence-corrected chi connectivity index (χ0v) is 12.2. The van der Waals surface area contributed by atoms with E-state index in [4.69, 9.17) is 4.74 Å². The molecule has 0 aliphatic heterocycles. The van der Waals surface area contributed by atoms with E-state index in [1.165, 1.54) is 19.2 Å². The number of methoxy groups -OCH3 is 1. The Balaban J connectivity index is 2.35. The number of rotatable bonds is 8. The van der Waals surface area contributed by atoms with E-state index in [-0.39, 0.29) is 5.56 Å². The molecule has 4 nitrogen and oxygen atoms in total. The predicted molar refractivity (Wildman–Crippen MR) is 75.1 cm³/mol. The van der Waals surface area contributed by atoms with Gasteiger partial charge in [-0.15, -0.1) is 0 Å². The summed E-state index contributed by atoms with van der Waals surface area (Å²) in [5.41, 5.74) is 0.732. The first-order chi connectivity index (χ1) is 9.54. The summed E-state index contributed by atoms with van der Waals surface area (Å²) in [7, 11) is 1.23. The molecule has 0 saturated heterocycles. The van der Waals surface area contributed by atoms with Crippen molar-refractivity contribution in [2.75, 3.05) is 26.9 Å². The first kappa shape index (κ1) is 16.6. The molecular formula is C15H22FNO3. The molecule has 1 aromatic carbocycles. The Hall–Kier alpha value is -1.46. The molecule has 0 heterocycles. The summed E-state index contributed by atoms with van der Waals surface area (Å²) >= 11 is 0. The summed E-state index contributed by atoms with van der Waals surface area (Å²) in [6.07, 6.45) is 0. The lowest BCUT2D eigenvalue weighted by Gasteiger charge is -2.09. The van der Waals surface area contributed by atoms with Crippen LogP contribution in [0.15, 0.2) is 18.2 Å². The van der Waals surface area contributed by atoms with Gasteiger partial charge in [-0.05, 0) is 23.6 Å². The van der Waals surface area contributed by atoms with Gasteiger partial charge < -0.3 is 14.8 Å². The molecule has 0 radical (unpaired) electrons. The minimum Gasteiger partial charge on any atom is -0.465 e. The molecule has 0 bridgehead atoms. The molecule has 5 heteroatoms. The van der Waals surface area contributed by atoms with Crippen LogP contribution >= 0.6 is 0 Å². The second kappa shape index (κ2) is 8.66. The zero-order chi connectivity index (χ0) is 15.0. The van der Waals surface area contributed by atoms with Crippen LogP contribution in [0.3, 0.4) is 0 Å².